The first kappa shape index (κ1) is 21.6. The van der Waals surface area contributed by atoms with E-state index >= 15 is 0 Å². The SMILES string of the molecule is Oc1ccc2cc3cc4ccc5cc6cc7ccccc7cc6cc5c4cc3cc2c1[SiH]1CCO[SiH2][SiH2]1. The third-order valence-electron chi connectivity index (χ3n) is 8.40. The summed E-state index contributed by atoms with van der Waals surface area (Å²) < 4.78 is 5.84. The Morgan fingerprint density at radius 2 is 1.08 bits per heavy atom. The van der Waals surface area contributed by atoms with Crippen LogP contribution in [-0.4, -0.2) is 37.9 Å². The fraction of sp³-hybridized carbons (Fsp3) is 0.0625. The molecule has 1 aliphatic rings. The summed E-state index contributed by atoms with van der Waals surface area (Å²) in [7, 11) is -1.50. The van der Waals surface area contributed by atoms with Crippen LogP contribution in [0.5, 0.6) is 5.75 Å². The van der Waals surface area contributed by atoms with E-state index in [0.29, 0.717) is 5.75 Å². The second-order valence-electron chi connectivity index (χ2n) is 10.6. The van der Waals surface area contributed by atoms with E-state index < -0.39 is 8.31 Å². The summed E-state index contributed by atoms with van der Waals surface area (Å²) in [5.41, 5.74) is 0. The van der Waals surface area contributed by atoms with Crippen LogP contribution >= 0.6 is 0 Å². The Morgan fingerprint density at radius 1 is 0.568 bits per heavy atom. The Kier molecular flexibility index (Phi) is 4.82. The van der Waals surface area contributed by atoms with Gasteiger partial charge in [-0.1, -0.05) is 42.5 Å². The van der Waals surface area contributed by atoms with Crippen LogP contribution in [0.25, 0.3) is 64.6 Å². The lowest BCUT2D eigenvalue weighted by Crippen LogP contribution is -2.45. The van der Waals surface area contributed by atoms with Gasteiger partial charge in [0.05, 0.1) is 8.31 Å². The minimum Gasteiger partial charge on any atom is -0.508 e. The third-order valence-corrected chi connectivity index (χ3v) is 26.8. The Hall–Kier alpha value is -3.49. The van der Waals surface area contributed by atoms with E-state index in [-0.39, 0.29) is 17.8 Å². The van der Waals surface area contributed by atoms with Gasteiger partial charge in [-0.05, 0) is 130 Å². The van der Waals surface area contributed by atoms with Crippen LogP contribution in [-0.2, 0) is 4.43 Å². The second kappa shape index (κ2) is 8.26. The fourth-order valence-electron chi connectivity index (χ4n) is 6.50. The number of hydrogen-bond acceptors (Lipinski definition) is 2. The van der Waals surface area contributed by atoms with Gasteiger partial charge in [-0.15, -0.1) is 0 Å². The molecule has 1 N–H and O–H groups in total. The number of phenolic OH excluding ortho intramolecular Hbond substituents is 1. The van der Waals surface area contributed by atoms with Gasteiger partial charge in [-0.2, -0.15) is 0 Å². The average Bonchev–Trinajstić information content (AvgIpc) is 2.93. The summed E-state index contributed by atoms with van der Waals surface area (Å²) in [6.45, 7) is 0.916. The lowest BCUT2D eigenvalue weighted by atomic mass is 9.94. The number of hydrogen-bond donors (Lipinski definition) is 1. The average molecular weight is 527 g/mol. The molecule has 2 nitrogen and oxygen atoms in total. The van der Waals surface area contributed by atoms with Crippen LogP contribution in [0.2, 0.25) is 6.04 Å². The molecule has 0 spiro atoms. The summed E-state index contributed by atoms with van der Waals surface area (Å²) in [5.74, 6) is 0.525. The highest BCUT2D eigenvalue weighted by atomic mass is 29.5. The molecule has 1 aliphatic heterocycles. The molecule has 7 aromatic carbocycles. The summed E-state index contributed by atoms with van der Waals surface area (Å²) >= 11 is 0. The zero-order chi connectivity index (χ0) is 24.5. The van der Waals surface area contributed by atoms with Gasteiger partial charge in [0.2, 0.25) is 0 Å². The lowest BCUT2D eigenvalue weighted by molar-refractivity contribution is 0.367. The number of rotatable bonds is 1. The van der Waals surface area contributed by atoms with E-state index in [1.165, 1.54) is 75.9 Å². The highest BCUT2D eigenvalue weighted by molar-refractivity contribution is 7.39. The molecule has 1 fully saturated rings. The zero-order valence-electron chi connectivity index (χ0n) is 20.5. The van der Waals surface area contributed by atoms with Gasteiger partial charge in [0.15, 0.2) is 0 Å². The van der Waals surface area contributed by atoms with Gasteiger partial charge >= 0.3 is 0 Å². The summed E-state index contributed by atoms with van der Waals surface area (Å²) in [4.78, 5) is 0. The lowest BCUT2D eigenvalue weighted by Gasteiger charge is -2.23. The number of benzene rings is 7. The van der Waals surface area contributed by atoms with E-state index in [4.69, 9.17) is 4.43 Å². The van der Waals surface area contributed by atoms with E-state index in [9.17, 15) is 5.11 Å². The molecule has 0 aromatic heterocycles. The quantitative estimate of drug-likeness (QED) is 0.175. The van der Waals surface area contributed by atoms with E-state index in [0.717, 1.165) is 6.61 Å². The van der Waals surface area contributed by atoms with Crippen LogP contribution in [0.1, 0.15) is 0 Å². The van der Waals surface area contributed by atoms with Crippen molar-refractivity contribution >= 4 is 96.0 Å². The first-order valence-corrected chi connectivity index (χ1v) is 22.4. The maximum absolute atomic E-state index is 11.0. The van der Waals surface area contributed by atoms with Crippen LogP contribution in [0.3, 0.4) is 0 Å². The molecule has 1 heterocycles. The highest BCUT2D eigenvalue weighted by Gasteiger charge is 2.23. The summed E-state index contributed by atoms with van der Waals surface area (Å²) in [6, 6.07) is 37.1. The molecule has 0 aliphatic carbocycles. The molecule has 0 saturated carbocycles. The van der Waals surface area contributed by atoms with Gasteiger partial charge in [0.1, 0.15) is 15.0 Å². The molecule has 0 bridgehead atoms. The number of aromatic hydroxyl groups is 1. The first-order valence-electron chi connectivity index (χ1n) is 13.2. The minimum atomic E-state index is -1.07. The Balaban J connectivity index is 1.40. The fourth-order valence-corrected chi connectivity index (χ4v) is 24.9. The van der Waals surface area contributed by atoms with E-state index in [2.05, 4.69) is 91.0 Å². The van der Waals surface area contributed by atoms with Gasteiger partial charge in [-0.25, -0.2) is 0 Å². The van der Waals surface area contributed by atoms with Gasteiger partial charge in [0.25, 0.3) is 0 Å². The Bertz CT molecular complexity index is 2040. The molecule has 0 amide bonds. The van der Waals surface area contributed by atoms with Crippen LogP contribution < -0.4 is 5.19 Å². The van der Waals surface area contributed by atoms with Crippen LogP contribution in [0.4, 0.5) is 0 Å². The van der Waals surface area contributed by atoms with Gasteiger partial charge in [-0.3, -0.25) is 0 Å². The maximum atomic E-state index is 11.0. The van der Waals surface area contributed by atoms with Crippen LogP contribution in [0, 0.1) is 0 Å². The van der Waals surface area contributed by atoms with Crippen molar-refractivity contribution < 1.29 is 9.53 Å². The smallest absolute Gasteiger partial charge is 0.141 e. The van der Waals surface area contributed by atoms with Crippen molar-refractivity contribution in [3.05, 3.63) is 97.1 Å². The van der Waals surface area contributed by atoms with Crippen molar-refractivity contribution in [3.8, 4) is 5.75 Å². The third kappa shape index (κ3) is 3.46. The van der Waals surface area contributed by atoms with Crippen molar-refractivity contribution in [2.24, 2.45) is 0 Å². The molecule has 1 saturated heterocycles. The number of fused-ring (bicyclic) bond motifs is 7. The topological polar surface area (TPSA) is 29.5 Å². The Morgan fingerprint density at radius 3 is 1.70 bits per heavy atom. The predicted molar refractivity (Wildman–Crippen MR) is 168 cm³/mol. The first-order chi connectivity index (χ1) is 18.2. The van der Waals surface area contributed by atoms with Crippen molar-refractivity contribution in [2.45, 2.75) is 6.04 Å². The van der Waals surface area contributed by atoms with Crippen molar-refractivity contribution in [1.82, 2.24) is 0 Å². The monoisotopic (exact) mass is 526 g/mol. The Labute approximate surface area is 220 Å². The standard InChI is InChI=1S/C32H26O2Si3/c33-31-8-7-23-15-25-14-22-6-5-21-13-24-11-19-3-1-2-4-20(19)12-26(24)16-28(21)29(22)17-27(25)18-30(23)32(31)37-10-9-34-35-36-37/h1-8,11-18,33,37H,9-10,35-36H2. The molecular formula is C32H26O2Si3. The predicted octanol–water partition coefficient (Wildman–Crippen LogP) is 5.44. The minimum absolute atomic E-state index is 0.138. The van der Waals surface area contributed by atoms with E-state index in [1.807, 2.05) is 6.07 Å². The van der Waals surface area contributed by atoms with Gasteiger partial charge in [0, 0.05) is 15.2 Å². The summed E-state index contributed by atoms with van der Waals surface area (Å²) in [5, 5.41) is 27.6. The molecule has 7 aromatic rings. The molecular weight excluding hydrogens is 501 g/mol. The molecule has 5 heteroatoms. The summed E-state index contributed by atoms with van der Waals surface area (Å²) in [6.07, 6.45) is 0. The molecule has 1 unspecified atom stereocenters. The van der Waals surface area contributed by atoms with E-state index in [1.54, 1.807) is 0 Å². The second-order valence-corrected chi connectivity index (χ2v) is 25.6. The number of phenols is 1. The molecule has 0 radical (unpaired) electrons. The largest absolute Gasteiger partial charge is 0.508 e. The normalized spacial score (nSPS) is 17.8. The van der Waals surface area contributed by atoms with Crippen molar-refractivity contribution in [2.75, 3.05) is 6.61 Å². The molecule has 1 atom stereocenters. The van der Waals surface area contributed by atoms with Gasteiger partial charge < -0.3 is 9.53 Å². The maximum Gasteiger partial charge on any atom is 0.141 e. The van der Waals surface area contributed by atoms with Crippen LogP contribution in [0.15, 0.2) is 97.1 Å². The van der Waals surface area contributed by atoms with Crippen molar-refractivity contribution in [3.63, 3.8) is 0 Å². The highest BCUT2D eigenvalue weighted by Crippen LogP contribution is 2.35. The zero-order valence-corrected chi connectivity index (χ0v) is 24.5. The molecule has 8 rings (SSSR count). The molecule has 178 valence electrons. The molecule has 37 heavy (non-hydrogen) atoms. The van der Waals surface area contributed by atoms with Crippen molar-refractivity contribution in [1.29, 1.82) is 0 Å².